The molecule has 25 heavy (non-hydrogen) atoms. The summed E-state index contributed by atoms with van der Waals surface area (Å²) in [6, 6.07) is 12.6. The van der Waals surface area contributed by atoms with E-state index < -0.39 is 0 Å². The normalized spacial score (nSPS) is 15.3. The highest BCUT2D eigenvalue weighted by Crippen LogP contribution is 2.41. The van der Waals surface area contributed by atoms with Crippen LogP contribution in [-0.4, -0.2) is 15.3 Å². The summed E-state index contributed by atoms with van der Waals surface area (Å²) in [6.45, 7) is 4.12. The van der Waals surface area contributed by atoms with Gasteiger partial charge in [-0.25, -0.2) is 4.98 Å². The molecule has 4 rings (SSSR count). The van der Waals surface area contributed by atoms with Crippen LogP contribution in [0.15, 0.2) is 48.8 Å². The van der Waals surface area contributed by atoms with E-state index in [1.807, 2.05) is 35.9 Å². The summed E-state index contributed by atoms with van der Waals surface area (Å²) in [4.78, 5) is 17.2. The highest BCUT2D eigenvalue weighted by Gasteiger charge is 2.33. The molecule has 3 aromatic rings. The fourth-order valence-corrected chi connectivity index (χ4v) is 3.36. The first kappa shape index (κ1) is 15.9. The third-order valence-electron chi connectivity index (χ3n) is 4.92. The molecule has 0 radical (unpaired) electrons. The summed E-state index contributed by atoms with van der Waals surface area (Å²) in [5.74, 6) is 0.605. The maximum absolute atomic E-state index is 12.6. The van der Waals surface area contributed by atoms with Crippen molar-refractivity contribution in [3.63, 3.8) is 0 Å². The minimum atomic E-state index is 0.0403. The number of pyridine rings is 1. The van der Waals surface area contributed by atoms with Gasteiger partial charge in [-0.3, -0.25) is 4.79 Å². The van der Waals surface area contributed by atoms with Crippen molar-refractivity contribution in [3.05, 3.63) is 71.2 Å². The zero-order chi connectivity index (χ0) is 17.4. The van der Waals surface area contributed by atoms with Crippen LogP contribution in [0.1, 0.15) is 41.3 Å². The number of aromatic nitrogens is 2. The van der Waals surface area contributed by atoms with Crippen LogP contribution in [0.2, 0.25) is 0 Å². The average molecular weight is 333 g/mol. The lowest BCUT2D eigenvalue weighted by Gasteiger charge is -2.19. The van der Waals surface area contributed by atoms with Crippen LogP contribution >= 0.6 is 0 Å². The number of carbonyl (C=O) groups excluding carboxylic acids is 1. The fraction of sp³-hybridized carbons (Fsp3) is 0.333. The lowest BCUT2D eigenvalue weighted by Crippen LogP contribution is -2.31. The number of fused-ring (bicyclic) bond motifs is 1. The number of amides is 1. The van der Waals surface area contributed by atoms with Gasteiger partial charge in [-0.05, 0) is 49.8 Å². The van der Waals surface area contributed by atoms with Gasteiger partial charge in [0, 0.05) is 12.4 Å². The van der Waals surface area contributed by atoms with E-state index >= 15 is 0 Å². The van der Waals surface area contributed by atoms with Crippen molar-refractivity contribution in [2.75, 3.05) is 0 Å². The molecule has 0 unspecified atom stereocenters. The zero-order valence-corrected chi connectivity index (χ0v) is 14.7. The zero-order valence-electron chi connectivity index (χ0n) is 14.7. The third kappa shape index (κ3) is 3.43. The van der Waals surface area contributed by atoms with Crippen molar-refractivity contribution in [2.24, 2.45) is 5.92 Å². The van der Waals surface area contributed by atoms with Crippen molar-refractivity contribution >= 4 is 11.6 Å². The van der Waals surface area contributed by atoms with E-state index in [-0.39, 0.29) is 11.9 Å². The molecular formula is C21H23N3O. The molecule has 0 aliphatic heterocycles. The number of nitrogens with zero attached hydrogens (tertiary/aromatic N) is 2. The van der Waals surface area contributed by atoms with Crippen LogP contribution in [-0.2, 0) is 11.2 Å². The van der Waals surface area contributed by atoms with Crippen LogP contribution in [0.25, 0.3) is 5.65 Å². The summed E-state index contributed by atoms with van der Waals surface area (Å²) >= 11 is 0. The molecule has 1 amide bonds. The second-order valence-electron chi connectivity index (χ2n) is 7.12. The van der Waals surface area contributed by atoms with Gasteiger partial charge < -0.3 is 9.72 Å². The molecule has 1 aromatic carbocycles. The smallest absolute Gasteiger partial charge is 0.226 e. The molecule has 2 aromatic heterocycles. The fourth-order valence-electron chi connectivity index (χ4n) is 3.36. The molecule has 1 N–H and O–H groups in total. The molecule has 1 saturated carbocycles. The Morgan fingerprint density at radius 3 is 2.68 bits per heavy atom. The van der Waals surface area contributed by atoms with Gasteiger partial charge in [0.15, 0.2) is 0 Å². The Kier molecular flexibility index (Phi) is 4.04. The number of hydrogen-bond acceptors (Lipinski definition) is 2. The monoisotopic (exact) mass is 333 g/mol. The second-order valence-corrected chi connectivity index (χ2v) is 7.12. The first-order chi connectivity index (χ1) is 12.1. The van der Waals surface area contributed by atoms with E-state index in [1.54, 1.807) is 0 Å². The van der Waals surface area contributed by atoms with Crippen molar-refractivity contribution < 1.29 is 4.79 Å². The Labute approximate surface area is 147 Å². The van der Waals surface area contributed by atoms with Gasteiger partial charge in [0.25, 0.3) is 0 Å². The van der Waals surface area contributed by atoms with Gasteiger partial charge in [0.2, 0.25) is 5.91 Å². The lowest BCUT2D eigenvalue weighted by atomic mass is 10.0. The number of hydrogen-bond donors (Lipinski definition) is 1. The molecule has 4 nitrogen and oxygen atoms in total. The van der Waals surface area contributed by atoms with Crippen LogP contribution in [0, 0.1) is 19.8 Å². The highest BCUT2D eigenvalue weighted by molar-refractivity contribution is 5.79. The Hall–Kier alpha value is -2.62. The second kappa shape index (κ2) is 6.36. The molecule has 1 atom stereocenters. The largest absolute Gasteiger partial charge is 0.349 e. The van der Waals surface area contributed by atoms with Crippen molar-refractivity contribution in [3.8, 4) is 0 Å². The molecule has 1 aliphatic rings. The van der Waals surface area contributed by atoms with Gasteiger partial charge in [-0.2, -0.15) is 0 Å². The quantitative estimate of drug-likeness (QED) is 0.773. The Morgan fingerprint density at radius 2 is 2.00 bits per heavy atom. The summed E-state index contributed by atoms with van der Waals surface area (Å²) < 4.78 is 1.98. The van der Waals surface area contributed by atoms with Gasteiger partial charge >= 0.3 is 0 Å². The molecule has 2 heterocycles. The minimum absolute atomic E-state index is 0.0403. The molecule has 1 fully saturated rings. The number of nitrogens with one attached hydrogen (secondary N) is 1. The first-order valence-corrected chi connectivity index (χ1v) is 8.89. The van der Waals surface area contributed by atoms with Crippen LogP contribution in [0.5, 0.6) is 0 Å². The minimum Gasteiger partial charge on any atom is -0.349 e. The Balaban J connectivity index is 1.49. The summed E-state index contributed by atoms with van der Waals surface area (Å²) in [5.41, 5.74) is 5.29. The lowest BCUT2D eigenvalue weighted by molar-refractivity contribution is -0.121. The maximum atomic E-state index is 12.6. The van der Waals surface area contributed by atoms with E-state index in [9.17, 15) is 4.79 Å². The standard InChI is InChI=1S/C21H23N3O/c1-14-5-7-16(8-6-14)20(17-9-10-17)23-19(25)12-18-13-24-11-3-4-15(2)21(24)22-18/h3-8,11,13,17,20H,9-10,12H2,1-2H3,(H,23,25)/t20-/m0/s1. The van der Waals surface area contributed by atoms with Crippen LogP contribution in [0.4, 0.5) is 0 Å². The highest BCUT2D eigenvalue weighted by atomic mass is 16.1. The first-order valence-electron chi connectivity index (χ1n) is 8.89. The predicted octanol–water partition coefficient (Wildman–Crippen LogP) is 3.76. The average Bonchev–Trinajstić information content (AvgIpc) is 3.34. The van der Waals surface area contributed by atoms with Crippen molar-refractivity contribution in [2.45, 2.75) is 39.2 Å². The number of rotatable bonds is 5. The molecule has 128 valence electrons. The molecule has 1 aliphatic carbocycles. The number of aryl methyl sites for hydroxylation is 2. The van der Waals surface area contributed by atoms with E-state index in [0.29, 0.717) is 12.3 Å². The van der Waals surface area contributed by atoms with E-state index in [4.69, 9.17) is 0 Å². The summed E-state index contributed by atoms with van der Waals surface area (Å²) in [7, 11) is 0. The Morgan fingerprint density at radius 1 is 1.24 bits per heavy atom. The molecule has 4 heteroatoms. The van der Waals surface area contributed by atoms with Gasteiger partial charge in [-0.15, -0.1) is 0 Å². The summed E-state index contributed by atoms with van der Waals surface area (Å²) in [5, 5.41) is 3.23. The van der Waals surface area contributed by atoms with E-state index in [2.05, 4.69) is 41.5 Å². The SMILES string of the molecule is Cc1ccc([C@H](NC(=O)Cc2cn3cccc(C)c3n2)C2CC2)cc1. The van der Waals surface area contributed by atoms with Gasteiger partial charge in [0.05, 0.1) is 18.2 Å². The summed E-state index contributed by atoms with van der Waals surface area (Å²) in [6.07, 6.45) is 6.60. The van der Waals surface area contributed by atoms with Crippen LogP contribution in [0.3, 0.4) is 0 Å². The van der Waals surface area contributed by atoms with Gasteiger partial charge in [-0.1, -0.05) is 35.9 Å². The van der Waals surface area contributed by atoms with E-state index in [0.717, 1.165) is 16.9 Å². The maximum Gasteiger partial charge on any atom is 0.226 e. The molecule has 0 bridgehead atoms. The molecule has 0 spiro atoms. The Bertz CT molecular complexity index is 907. The van der Waals surface area contributed by atoms with E-state index in [1.165, 1.54) is 24.0 Å². The number of carbonyl (C=O) groups is 1. The number of benzene rings is 1. The van der Waals surface area contributed by atoms with Gasteiger partial charge in [0.1, 0.15) is 5.65 Å². The predicted molar refractivity (Wildman–Crippen MR) is 98.4 cm³/mol. The third-order valence-corrected chi connectivity index (χ3v) is 4.92. The number of imidazole rings is 1. The topological polar surface area (TPSA) is 46.4 Å². The van der Waals surface area contributed by atoms with Crippen LogP contribution < -0.4 is 5.32 Å². The molecule has 0 saturated heterocycles. The molecular weight excluding hydrogens is 310 g/mol. The van der Waals surface area contributed by atoms with Crippen molar-refractivity contribution in [1.29, 1.82) is 0 Å². The van der Waals surface area contributed by atoms with Crippen molar-refractivity contribution in [1.82, 2.24) is 14.7 Å².